The van der Waals surface area contributed by atoms with Crippen LogP contribution in [0.1, 0.15) is 34.7 Å². The van der Waals surface area contributed by atoms with Gasteiger partial charge in [-0.05, 0) is 49.9 Å². The third-order valence-electron chi connectivity index (χ3n) is 3.58. The molecule has 1 heterocycles. The lowest BCUT2D eigenvalue weighted by Gasteiger charge is -2.06. The number of nitrogens with zero attached hydrogens (tertiary/aromatic N) is 1. The lowest BCUT2D eigenvalue weighted by Crippen LogP contribution is -2.15. The van der Waals surface area contributed by atoms with E-state index in [2.05, 4.69) is 41.7 Å². The Hall–Kier alpha value is -1.39. The average Bonchev–Trinajstić information content (AvgIpc) is 3.16. The van der Waals surface area contributed by atoms with Gasteiger partial charge in [0, 0.05) is 18.0 Å². The summed E-state index contributed by atoms with van der Waals surface area (Å²) in [6, 6.07) is 6.92. The quantitative estimate of drug-likeness (QED) is 0.882. The van der Waals surface area contributed by atoms with Gasteiger partial charge < -0.3 is 10.1 Å². The molecule has 0 radical (unpaired) electrons. The molecule has 0 unspecified atom stereocenters. The van der Waals surface area contributed by atoms with E-state index in [4.69, 9.17) is 4.74 Å². The van der Waals surface area contributed by atoms with Crippen molar-refractivity contribution < 1.29 is 4.74 Å². The molecule has 3 rings (SSSR count). The molecule has 0 spiro atoms. The molecule has 0 amide bonds. The predicted octanol–water partition coefficient (Wildman–Crippen LogP) is 3.59. The highest BCUT2D eigenvalue weighted by Crippen LogP contribution is 2.21. The molecule has 0 atom stereocenters. The van der Waals surface area contributed by atoms with Crippen LogP contribution >= 0.6 is 11.3 Å². The van der Waals surface area contributed by atoms with Crippen molar-refractivity contribution in [3.63, 3.8) is 0 Å². The van der Waals surface area contributed by atoms with Gasteiger partial charge in [0.1, 0.15) is 17.4 Å². The molecule has 3 nitrogen and oxygen atoms in total. The molecule has 0 aliphatic heterocycles. The molecule has 1 saturated carbocycles. The number of aryl methyl sites for hydroxylation is 2. The SMILES string of the molecule is Cc1ccc(OCc2csc(CNC3CC3)n2)cc1C. The number of aromatic nitrogens is 1. The molecule has 1 aliphatic rings. The van der Waals surface area contributed by atoms with Gasteiger partial charge in [0.05, 0.1) is 5.69 Å². The van der Waals surface area contributed by atoms with Gasteiger partial charge in [0.25, 0.3) is 0 Å². The summed E-state index contributed by atoms with van der Waals surface area (Å²) in [5, 5.41) is 6.72. The minimum atomic E-state index is 0.544. The van der Waals surface area contributed by atoms with Crippen LogP contribution in [0.4, 0.5) is 0 Å². The summed E-state index contributed by atoms with van der Waals surface area (Å²) in [7, 11) is 0. The molecule has 0 bridgehead atoms. The molecular formula is C16H20N2OS. The van der Waals surface area contributed by atoms with E-state index < -0.39 is 0 Å². The average molecular weight is 288 g/mol. The van der Waals surface area contributed by atoms with Crippen molar-refractivity contribution >= 4 is 11.3 Å². The standard InChI is InChI=1S/C16H20N2OS/c1-11-3-6-15(7-12(11)2)19-9-14-10-20-16(18-14)8-17-13-4-5-13/h3,6-7,10,13,17H,4-5,8-9H2,1-2H3. The first kappa shape index (κ1) is 13.6. The first-order valence-corrected chi connectivity index (χ1v) is 7.95. The van der Waals surface area contributed by atoms with Gasteiger partial charge >= 0.3 is 0 Å². The number of hydrogen-bond donors (Lipinski definition) is 1. The Labute approximate surface area is 124 Å². The van der Waals surface area contributed by atoms with E-state index in [1.54, 1.807) is 11.3 Å². The Kier molecular flexibility index (Phi) is 4.03. The molecule has 4 heteroatoms. The summed E-state index contributed by atoms with van der Waals surface area (Å²) < 4.78 is 5.80. The zero-order valence-corrected chi connectivity index (χ0v) is 12.8. The van der Waals surface area contributed by atoms with Crippen molar-refractivity contribution in [2.45, 2.75) is 45.9 Å². The molecule has 1 aromatic carbocycles. The molecule has 2 aromatic rings. The number of nitrogens with one attached hydrogen (secondary N) is 1. The van der Waals surface area contributed by atoms with Gasteiger partial charge in [-0.25, -0.2) is 4.98 Å². The monoisotopic (exact) mass is 288 g/mol. The highest BCUT2D eigenvalue weighted by Gasteiger charge is 2.20. The summed E-state index contributed by atoms with van der Waals surface area (Å²) in [5.41, 5.74) is 3.57. The van der Waals surface area contributed by atoms with E-state index in [0.717, 1.165) is 29.0 Å². The fourth-order valence-corrected chi connectivity index (χ4v) is 2.71. The number of benzene rings is 1. The number of rotatable bonds is 6. The zero-order chi connectivity index (χ0) is 13.9. The van der Waals surface area contributed by atoms with Crippen LogP contribution in [-0.2, 0) is 13.2 Å². The second-order valence-corrected chi connectivity index (χ2v) is 6.37. The van der Waals surface area contributed by atoms with E-state index in [9.17, 15) is 0 Å². The van der Waals surface area contributed by atoms with Gasteiger partial charge in [0.15, 0.2) is 0 Å². The van der Waals surface area contributed by atoms with Gasteiger partial charge in [-0.1, -0.05) is 6.07 Å². The Morgan fingerprint density at radius 2 is 2.15 bits per heavy atom. The molecule has 20 heavy (non-hydrogen) atoms. The second kappa shape index (κ2) is 5.94. The Morgan fingerprint density at radius 3 is 2.90 bits per heavy atom. The van der Waals surface area contributed by atoms with Crippen LogP contribution < -0.4 is 10.1 Å². The van der Waals surface area contributed by atoms with Gasteiger partial charge in [-0.3, -0.25) is 0 Å². The normalized spacial score (nSPS) is 14.5. The Bertz CT molecular complexity index is 590. The van der Waals surface area contributed by atoms with Crippen LogP contribution in [-0.4, -0.2) is 11.0 Å². The summed E-state index contributed by atoms with van der Waals surface area (Å²) in [6.45, 7) is 5.65. The molecule has 1 N–H and O–H groups in total. The van der Waals surface area contributed by atoms with Crippen molar-refractivity contribution in [3.05, 3.63) is 45.4 Å². The van der Waals surface area contributed by atoms with E-state index >= 15 is 0 Å². The summed E-state index contributed by atoms with van der Waals surface area (Å²) in [5.74, 6) is 0.916. The van der Waals surface area contributed by atoms with Gasteiger partial charge in [-0.2, -0.15) is 0 Å². The zero-order valence-electron chi connectivity index (χ0n) is 12.0. The highest BCUT2D eigenvalue weighted by atomic mass is 32.1. The largest absolute Gasteiger partial charge is 0.487 e. The first-order chi connectivity index (χ1) is 9.70. The first-order valence-electron chi connectivity index (χ1n) is 7.07. The maximum atomic E-state index is 5.80. The number of ether oxygens (including phenoxy) is 1. The fraction of sp³-hybridized carbons (Fsp3) is 0.438. The van der Waals surface area contributed by atoms with Crippen LogP contribution in [0.15, 0.2) is 23.6 Å². The second-order valence-electron chi connectivity index (χ2n) is 5.42. The van der Waals surface area contributed by atoms with Crippen molar-refractivity contribution in [2.24, 2.45) is 0 Å². The summed E-state index contributed by atoms with van der Waals surface area (Å²) >= 11 is 1.71. The molecular weight excluding hydrogens is 268 g/mol. The van der Waals surface area contributed by atoms with Crippen LogP contribution in [0.3, 0.4) is 0 Å². The minimum Gasteiger partial charge on any atom is -0.487 e. The Balaban J connectivity index is 1.53. The molecule has 0 saturated heterocycles. The smallest absolute Gasteiger partial charge is 0.131 e. The maximum Gasteiger partial charge on any atom is 0.131 e. The van der Waals surface area contributed by atoms with Crippen LogP contribution in [0, 0.1) is 13.8 Å². The summed E-state index contributed by atoms with van der Waals surface area (Å²) in [4.78, 5) is 4.60. The third-order valence-corrected chi connectivity index (χ3v) is 4.48. The van der Waals surface area contributed by atoms with Gasteiger partial charge in [-0.15, -0.1) is 11.3 Å². The van der Waals surface area contributed by atoms with Crippen LogP contribution in [0.2, 0.25) is 0 Å². The molecule has 1 aliphatic carbocycles. The van der Waals surface area contributed by atoms with Gasteiger partial charge in [0.2, 0.25) is 0 Å². The van der Waals surface area contributed by atoms with Crippen LogP contribution in [0.25, 0.3) is 0 Å². The van der Waals surface area contributed by atoms with Crippen LogP contribution in [0.5, 0.6) is 5.75 Å². The lowest BCUT2D eigenvalue weighted by atomic mass is 10.1. The van der Waals surface area contributed by atoms with E-state index in [1.165, 1.54) is 24.0 Å². The topological polar surface area (TPSA) is 34.1 Å². The van der Waals surface area contributed by atoms with E-state index in [1.807, 2.05) is 6.07 Å². The molecule has 106 valence electrons. The summed E-state index contributed by atoms with van der Waals surface area (Å²) in [6.07, 6.45) is 2.63. The lowest BCUT2D eigenvalue weighted by molar-refractivity contribution is 0.301. The highest BCUT2D eigenvalue weighted by molar-refractivity contribution is 7.09. The Morgan fingerprint density at radius 1 is 1.30 bits per heavy atom. The van der Waals surface area contributed by atoms with E-state index in [-0.39, 0.29) is 0 Å². The molecule has 1 aromatic heterocycles. The van der Waals surface area contributed by atoms with Crippen molar-refractivity contribution in [1.82, 2.24) is 10.3 Å². The van der Waals surface area contributed by atoms with Crippen molar-refractivity contribution in [1.29, 1.82) is 0 Å². The predicted molar refractivity (Wildman–Crippen MR) is 82.2 cm³/mol. The number of thiazole rings is 1. The van der Waals surface area contributed by atoms with Crippen molar-refractivity contribution in [2.75, 3.05) is 0 Å². The minimum absolute atomic E-state index is 0.544. The molecule has 1 fully saturated rings. The maximum absolute atomic E-state index is 5.80. The van der Waals surface area contributed by atoms with E-state index in [0.29, 0.717) is 6.61 Å². The van der Waals surface area contributed by atoms with Crippen molar-refractivity contribution in [3.8, 4) is 5.75 Å². The third kappa shape index (κ3) is 3.58. The fourth-order valence-electron chi connectivity index (χ4n) is 1.98. The number of hydrogen-bond acceptors (Lipinski definition) is 4.